The molecule has 0 aliphatic carbocycles. The lowest BCUT2D eigenvalue weighted by Gasteiger charge is -2.23. The smallest absolute Gasteiger partial charge is 0.223 e. The third-order valence-electron chi connectivity index (χ3n) is 4.13. The van der Waals surface area contributed by atoms with Crippen LogP contribution in [-0.4, -0.2) is 36.8 Å². The lowest BCUT2D eigenvalue weighted by Crippen LogP contribution is -2.30. The number of benzene rings is 2. The van der Waals surface area contributed by atoms with E-state index in [9.17, 15) is 4.79 Å². The number of hydrogen-bond donors (Lipinski definition) is 0. The van der Waals surface area contributed by atoms with E-state index in [1.54, 1.807) is 16.4 Å². The van der Waals surface area contributed by atoms with Crippen LogP contribution in [0.4, 0.5) is 0 Å². The number of amides is 1. The van der Waals surface area contributed by atoms with E-state index in [2.05, 4.69) is 39.8 Å². The third-order valence-corrected chi connectivity index (χ3v) is 5.23. The molecule has 3 rings (SSSR count). The summed E-state index contributed by atoms with van der Waals surface area (Å²) in [7, 11) is 1.81. The molecule has 3 aromatic rings. The van der Waals surface area contributed by atoms with Crippen molar-refractivity contribution in [3.05, 3.63) is 71.8 Å². The molecule has 0 saturated carbocycles. The van der Waals surface area contributed by atoms with Crippen LogP contribution < -0.4 is 0 Å². The maximum absolute atomic E-state index is 12.9. The molecule has 1 amide bonds. The van der Waals surface area contributed by atoms with E-state index in [0.29, 0.717) is 19.5 Å². The molecule has 1 aromatic heterocycles. The molecule has 0 bridgehead atoms. The maximum atomic E-state index is 12.9. The minimum absolute atomic E-state index is 0.166. The minimum atomic E-state index is 0.166. The number of nitrogens with zero attached hydrogens (tertiary/aromatic N) is 5. The highest BCUT2D eigenvalue weighted by atomic mass is 32.2. The molecule has 2 aromatic carbocycles. The van der Waals surface area contributed by atoms with Gasteiger partial charge in [-0.15, -0.1) is 5.10 Å². The van der Waals surface area contributed by atoms with Crippen molar-refractivity contribution in [2.24, 2.45) is 7.05 Å². The molecule has 1 heterocycles. The Morgan fingerprint density at radius 2 is 1.59 bits per heavy atom. The number of rotatable bonds is 9. The van der Waals surface area contributed by atoms with E-state index >= 15 is 0 Å². The van der Waals surface area contributed by atoms with E-state index in [4.69, 9.17) is 0 Å². The highest BCUT2D eigenvalue weighted by Crippen LogP contribution is 2.16. The summed E-state index contributed by atoms with van der Waals surface area (Å²) in [5, 5.41) is 12.2. The summed E-state index contributed by atoms with van der Waals surface area (Å²) in [5.41, 5.74) is 2.28. The van der Waals surface area contributed by atoms with Gasteiger partial charge in [-0.05, 0) is 28.0 Å². The molecule has 0 atom stereocenters. The largest absolute Gasteiger partial charge is 0.334 e. The SMILES string of the molecule is Cn1nnnc1SCCCC(=O)N(Cc1ccccc1)Cc1ccccc1. The first kappa shape index (κ1) is 19.1. The van der Waals surface area contributed by atoms with Crippen LogP contribution in [0.5, 0.6) is 0 Å². The van der Waals surface area contributed by atoms with Crippen molar-refractivity contribution in [1.82, 2.24) is 25.1 Å². The monoisotopic (exact) mass is 381 g/mol. The van der Waals surface area contributed by atoms with Gasteiger partial charge in [-0.1, -0.05) is 72.4 Å². The molecule has 6 nitrogen and oxygen atoms in total. The predicted octanol–water partition coefficient (Wildman–Crippen LogP) is 3.31. The van der Waals surface area contributed by atoms with Gasteiger partial charge in [0.25, 0.3) is 0 Å². The first-order valence-corrected chi connectivity index (χ1v) is 9.92. The zero-order valence-corrected chi connectivity index (χ0v) is 16.2. The van der Waals surface area contributed by atoms with Gasteiger partial charge < -0.3 is 4.90 Å². The lowest BCUT2D eigenvalue weighted by molar-refractivity contribution is -0.132. The second kappa shape index (κ2) is 9.87. The second-order valence-corrected chi connectivity index (χ2v) is 7.32. The van der Waals surface area contributed by atoms with Crippen LogP contribution in [-0.2, 0) is 24.9 Å². The molecule has 0 unspecified atom stereocenters. The fraction of sp³-hybridized carbons (Fsp3) is 0.300. The van der Waals surface area contributed by atoms with Gasteiger partial charge in [0.2, 0.25) is 11.1 Å². The number of carbonyl (C=O) groups excluding carboxylic acids is 1. The minimum Gasteiger partial charge on any atom is -0.334 e. The van der Waals surface area contributed by atoms with Crippen LogP contribution in [0.1, 0.15) is 24.0 Å². The highest BCUT2D eigenvalue weighted by molar-refractivity contribution is 7.99. The van der Waals surface area contributed by atoms with Crippen LogP contribution in [0, 0.1) is 0 Å². The summed E-state index contributed by atoms with van der Waals surface area (Å²) < 4.78 is 1.64. The summed E-state index contributed by atoms with van der Waals surface area (Å²) in [6.45, 7) is 1.24. The Morgan fingerprint density at radius 3 is 2.11 bits per heavy atom. The topological polar surface area (TPSA) is 63.9 Å². The van der Waals surface area contributed by atoms with E-state index in [0.717, 1.165) is 28.5 Å². The average molecular weight is 382 g/mol. The van der Waals surface area contributed by atoms with Gasteiger partial charge in [0.05, 0.1) is 0 Å². The van der Waals surface area contributed by atoms with Crippen molar-refractivity contribution in [1.29, 1.82) is 0 Å². The van der Waals surface area contributed by atoms with Crippen LogP contribution in [0.25, 0.3) is 0 Å². The van der Waals surface area contributed by atoms with Gasteiger partial charge in [0.1, 0.15) is 0 Å². The van der Waals surface area contributed by atoms with E-state index in [1.165, 1.54) is 0 Å². The quantitative estimate of drug-likeness (QED) is 0.420. The standard InChI is InChI=1S/C20H23N5OS/c1-24-20(21-22-23-24)27-14-8-13-19(26)25(15-17-9-4-2-5-10-17)16-18-11-6-3-7-12-18/h2-7,9-12H,8,13-16H2,1H3. The fourth-order valence-corrected chi connectivity index (χ4v) is 3.52. The van der Waals surface area contributed by atoms with Crippen LogP contribution in [0.2, 0.25) is 0 Å². The Labute approximate surface area is 163 Å². The van der Waals surface area contributed by atoms with E-state index in [-0.39, 0.29) is 5.91 Å². The molecule has 0 fully saturated rings. The van der Waals surface area contributed by atoms with Crippen molar-refractivity contribution in [3.8, 4) is 0 Å². The van der Waals surface area contributed by atoms with Crippen LogP contribution in [0.15, 0.2) is 65.8 Å². The molecular weight excluding hydrogens is 358 g/mol. The Bertz CT molecular complexity index is 796. The van der Waals surface area contributed by atoms with Gasteiger partial charge >= 0.3 is 0 Å². The first-order valence-electron chi connectivity index (χ1n) is 8.93. The highest BCUT2D eigenvalue weighted by Gasteiger charge is 2.15. The Hall–Kier alpha value is -2.67. The molecule has 0 spiro atoms. The van der Waals surface area contributed by atoms with Gasteiger partial charge in [-0.25, -0.2) is 4.68 Å². The number of hydrogen-bond acceptors (Lipinski definition) is 5. The second-order valence-electron chi connectivity index (χ2n) is 6.26. The van der Waals surface area contributed by atoms with Crippen molar-refractivity contribution < 1.29 is 4.79 Å². The summed E-state index contributed by atoms with van der Waals surface area (Å²) in [6.07, 6.45) is 1.30. The lowest BCUT2D eigenvalue weighted by atomic mass is 10.1. The molecule has 0 radical (unpaired) electrons. The Kier molecular flexibility index (Phi) is 6.98. The van der Waals surface area contributed by atoms with Gasteiger partial charge in [-0.3, -0.25) is 4.79 Å². The number of aromatic nitrogens is 4. The Morgan fingerprint density at radius 1 is 1.00 bits per heavy atom. The van der Waals surface area contributed by atoms with Crippen LogP contribution in [0.3, 0.4) is 0 Å². The summed E-state index contributed by atoms with van der Waals surface area (Å²) in [6, 6.07) is 20.2. The zero-order valence-electron chi connectivity index (χ0n) is 15.4. The molecule has 0 saturated heterocycles. The average Bonchev–Trinajstić information content (AvgIpc) is 3.11. The predicted molar refractivity (Wildman–Crippen MR) is 106 cm³/mol. The van der Waals surface area contributed by atoms with Crippen molar-refractivity contribution in [2.75, 3.05) is 5.75 Å². The summed E-state index contributed by atoms with van der Waals surface area (Å²) in [4.78, 5) is 14.8. The van der Waals surface area contributed by atoms with Crippen molar-refractivity contribution in [3.63, 3.8) is 0 Å². The Balaban J connectivity index is 1.57. The molecule has 27 heavy (non-hydrogen) atoms. The van der Waals surface area contributed by atoms with E-state index in [1.807, 2.05) is 48.3 Å². The molecule has 7 heteroatoms. The number of tetrazole rings is 1. The normalized spacial score (nSPS) is 10.7. The van der Waals surface area contributed by atoms with Crippen LogP contribution >= 0.6 is 11.8 Å². The third kappa shape index (κ3) is 5.92. The molecular formula is C20H23N5OS. The molecule has 0 aliphatic rings. The fourth-order valence-electron chi connectivity index (χ4n) is 2.73. The molecule has 0 N–H and O–H groups in total. The van der Waals surface area contributed by atoms with Gasteiger partial charge in [0.15, 0.2) is 0 Å². The van der Waals surface area contributed by atoms with Crippen molar-refractivity contribution >= 4 is 17.7 Å². The first-order chi connectivity index (χ1) is 13.2. The maximum Gasteiger partial charge on any atom is 0.223 e. The molecule has 140 valence electrons. The van der Waals surface area contributed by atoms with Gasteiger partial charge in [0, 0.05) is 32.3 Å². The molecule has 0 aliphatic heterocycles. The summed E-state index contributed by atoms with van der Waals surface area (Å²) >= 11 is 1.57. The summed E-state index contributed by atoms with van der Waals surface area (Å²) in [5.74, 6) is 0.976. The van der Waals surface area contributed by atoms with Crippen molar-refractivity contribution in [2.45, 2.75) is 31.1 Å². The zero-order chi connectivity index (χ0) is 18.9. The number of carbonyl (C=O) groups is 1. The number of aryl methyl sites for hydroxylation is 1. The van der Waals surface area contributed by atoms with E-state index < -0.39 is 0 Å². The number of thioether (sulfide) groups is 1. The van der Waals surface area contributed by atoms with Gasteiger partial charge in [-0.2, -0.15) is 0 Å².